The smallest absolute Gasteiger partial charge is 0.419 e. The molecule has 0 saturated heterocycles. The van der Waals surface area contributed by atoms with Crippen molar-refractivity contribution in [2.75, 3.05) is 44.2 Å². The SMILES string of the molecule is CC.CC1Nc2ccccc2C(=O)N1Cc1ccc(C(=O)Nc2ccccc2N)cc1.Nc1ccccc1C(=O)NCc1ccc(C(=O)O)cc1.Nc1ccccc1NC(=O)c1ccc(Cn2c(=O)[n-]c3ccccc3c2=O)cc1.Nc1ccccc1NC(=O)c1ccc(Cn2cnc3ccccc3c2=O)cc1.O=c1[nH]c2ccccc2c(=O)o1.[Y]. The fourth-order valence-electron chi connectivity index (χ4n) is 12.2. The van der Waals surface area contributed by atoms with E-state index in [0.717, 1.165) is 26.9 Å². The second kappa shape index (κ2) is 41.9. The van der Waals surface area contributed by atoms with Crippen LogP contribution < -0.4 is 82.7 Å². The van der Waals surface area contributed by atoms with Gasteiger partial charge in [-0.3, -0.25) is 47.9 Å². The molecule has 15 aromatic rings. The number of fused-ring (bicyclic) bond motifs is 4. The van der Waals surface area contributed by atoms with Crippen LogP contribution in [0.25, 0.3) is 32.7 Å². The zero-order valence-corrected chi connectivity index (χ0v) is 68.5. The topological polar surface area (TPSA) is 441 Å². The Morgan fingerprint density at radius 2 is 0.901 bits per heavy atom. The molecule has 5 amide bonds. The van der Waals surface area contributed by atoms with Crippen molar-refractivity contribution in [1.82, 2.24) is 34.3 Å². The molecule has 0 saturated carbocycles. The molecule has 1 aliphatic heterocycles. The van der Waals surface area contributed by atoms with Crippen LogP contribution in [0.2, 0.25) is 0 Å². The number of carboxylic acid groups (broad SMARTS) is 1. The molecule has 0 fully saturated rings. The van der Waals surface area contributed by atoms with E-state index < -0.39 is 23.0 Å². The van der Waals surface area contributed by atoms with Crippen LogP contribution in [0.5, 0.6) is 0 Å². The van der Waals surface area contributed by atoms with Gasteiger partial charge < -0.3 is 73.5 Å². The van der Waals surface area contributed by atoms with E-state index in [1.54, 1.807) is 204 Å². The first-order chi connectivity index (χ1) is 58.0. The summed E-state index contributed by atoms with van der Waals surface area (Å²) in [6, 6.07) is 83.5. The molecule has 1 aliphatic rings. The summed E-state index contributed by atoms with van der Waals surface area (Å²) in [5.41, 5.74) is 33.8. The van der Waals surface area contributed by atoms with E-state index in [1.807, 2.05) is 112 Å². The molecule has 12 aromatic carbocycles. The van der Waals surface area contributed by atoms with Gasteiger partial charge in [0.25, 0.3) is 35.1 Å². The number of nitrogens with zero attached hydrogens (tertiary/aromatic N) is 5. The summed E-state index contributed by atoms with van der Waals surface area (Å²) in [5.74, 6) is -2.74. The van der Waals surface area contributed by atoms with E-state index in [9.17, 15) is 52.7 Å². The number of nitrogen functional groups attached to an aromatic ring is 4. The molecular weight excluding hydrogens is 1610 g/mol. The summed E-state index contributed by atoms with van der Waals surface area (Å²) in [4.78, 5) is 144. The minimum atomic E-state index is -0.974. The maximum atomic E-state index is 12.9. The number of aromatic amines is 1. The first kappa shape index (κ1) is 88.0. The number of hydrogen-bond donors (Lipinski definition) is 11. The maximum Gasteiger partial charge on any atom is 0.419 e. The van der Waals surface area contributed by atoms with Gasteiger partial charge in [-0.2, -0.15) is 0 Å². The van der Waals surface area contributed by atoms with E-state index in [-0.39, 0.29) is 91.6 Å². The first-order valence-corrected chi connectivity index (χ1v) is 37.6. The Morgan fingerprint density at radius 1 is 0.463 bits per heavy atom. The van der Waals surface area contributed by atoms with Gasteiger partial charge in [0.2, 0.25) is 0 Å². The van der Waals surface area contributed by atoms with Gasteiger partial charge in [-0.05, 0) is 175 Å². The number of anilines is 8. The van der Waals surface area contributed by atoms with Gasteiger partial charge >= 0.3 is 17.4 Å². The van der Waals surface area contributed by atoms with Crippen LogP contribution in [0.1, 0.15) is 105 Å². The number of aromatic carboxylic acids is 1. The third-order valence-electron chi connectivity index (χ3n) is 18.6. The maximum absolute atomic E-state index is 12.9. The van der Waals surface area contributed by atoms with Gasteiger partial charge in [0.1, 0.15) is 0 Å². The molecule has 28 nitrogen and oxygen atoms in total. The summed E-state index contributed by atoms with van der Waals surface area (Å²) in [7, 11) is 0. The van der Waals surface area contributed by atoms with Crippen LogP contribution >= 0.6 is 0 Å². The second-order valence-corrected chi connectivity index (χ2v) is 26.6. The number of aromatic nitrogens is 5. The molecule has 121 heavy (non-hydrogen) atoms. The zero-order chi connectivity index (χ0) is 85.4. The average molecular weight is 1690 g/mol. The Balaban J connectivity index is 0.000000161. The van der Waals surface area contributed by atoms with Crippen LogP contribution in [-0.2, 0) is 58.9 Å². The quantitative estimate of drug-likeness (QED) is 0.0400. The Morgan fingerprint density at radius 3 is 1.44 bits per heavy atom. The van der Waals surface area contributed by atoms with Gasteiger partial charge in [0.05, 0.1) is 91.7 Å². The van der Waals surface area contributed by atoms with Crippen molar-refractivity contribution in [2.24, 2.45) is 0 Å². The number of carboxylic acids is 1. The third-order valence-corrected chi connectivity index (χ3v) is 18.6. The number of rotatable bonds is 16. The average Bonchev–Trinajstić information content (AvgIpc) is 0.795. The molecule has 1 radical (unpaired) electrons. The molecule has 16 rings (SSSR count). The molecule has 0 bridgehead atoms. The Bertz CT molecular complexity index is 6550. The van der Waals surface area contributed by atoms with Crippen molar-refractivity contribution in [3.05, 3.63) is 405 Å². The first-order valence-electron chi connectivity index (χ1n) is 37.6. The molecule has 0 aliphatic carbocycles. The summed E-state index contributed by atoms with van der Waals surface area (Å²) in [6.07, 6.45) is 1.42. The van der Waals surface area contributed by atoms with Crippen molar-refractivity contribution < 1.29 is 71.0 Å². The number of carbonyl (C=O) groups is 6. The third kappa shape index (κ3) is 23.0. The van der Waals surface area contributed by atoms with Gasteiger partial charge in [-0.15, -0.1) is 0 Å². The summed E-state index contributed by atoms with van der Waals surface area (Å²) in [5, 5.41) is 24.6. The standard InChI is InChI=1S/C23H22N4O2.C22H18N4O3.C22H18N4O2.C15H14N2O3.C8H5NO3.C2H6.Y/c1-15-25-20-8-4-2-6-18(20)23(29)27(15)14-16-10-12-17(13-11-16)22(28)26-21-9-5-3-7-19(21)24;23-17-6-2-4-8-19(17)24-20(27)15-11-9-14(10-12-15)13-26-21(28)16-5-1-3-7-18(16)25-22(26)29;23-18-6-2-4-8-20(18)25-21(27)16-11-9-15(10-12-16)13-26-14-24-19-7-3-1-5-17(19)22(26)28;16-13-4-2-1-3-12(13)14(18)17-9-10-5-7-11(8-6-10)15(19)20;10-7-5-3-1-2-4-6(5)9-8(11)12-7;1-2;/h2-13,15,25H,14,24H2,1H3,(H,26,28);1-12H,13,23H2,(H2,24,25,27,28,29);1-12,14H,13,23H2,(H,25,27);1-8H,9,16H2,(H,17,18)(H,19,20);1-4H,(H,9,11);1-2H3;/p-1. The molecule has 29 heteroatoms. The van der Waals surface area contributed by atoms with Gasteiger partial charge in [0, 0.05) is 79.3 Å². The Hall–Kier alpha value is -15.4. The van der Waals surface area contributed by atoms with E-state index in [4.69, 9.17) is 28.0 Å². The second-order valence-electron chi connectivity index (χ2n) is 26.6. The molecule has 3 aromatic heterocycles. The zero-order valence-electron chi connectivity index (χ0n) is 65.7. The van der Waals surface area contributed by atoms with Crippen molar-refractivity contribution in [1.29, 1.82) is 0 Å². The Labute approximate surface area is 716 Å². The van der Waals surface area contributed by atoms with Gasteiger partial charge in [-0.25, -0.2) is 19.4 Å². The predicted molar refractivity (Wildman–Crippen MR) is 467 cm³/mol. The number of benzene rings is 12. The number of nitrogens with two attached hydrogens (primary N) is 4. The molecule has 15 N–H and O–H groups in total. The van der Waals surface area contributed by atoms with E-state index in [1.165, 1.54) is 12.1 Å². The van der Waals surface area contributed by atoms with Crippen molar-refractivity contribution in [3.63, 3.8) is 0 Å². The van der Waals surface area contributed by atoms with Gasteiger partial charge in [0.15, 0.2) is 11.2 Å². The number of H-pyrrole nitrogens is 1. The number of nitrogens with one attached hydrogen (secondary N) is 6. The van der Waals surface area contributed by atoms with Crippen LogP contribution in [0.4, 0.5) is 45.5 Å². The number of para-hydroxylation sites is 11. The van der Waals surface area contributed by atoms with Crippen molar-refractivity contribution in [3.8, 4) is 0 Å². The van der Waals surface area contributed by atoms with Crippen LogP contribution in [0, 0.1) is 0 Å². The molecule has 4 heterocycles. The molecule has 1 unspecified atom stereocenters. The monoisotopic (exact) mass is 1690 g/mol. The fraction of sp³-hybridized carbons (Fsp3) is 0.0870. The van der Waals surface area contributed by atoms with Crippen LogP contribution in [0.15, 0.2) is 326 Å². The van der Waals surface area contributed by atoms with E-state index >= 15 is 0 Å². The number of amides is 5. The van der Waals surface area contributed by atoms with E-state index in [0.29, 0.717) is 126 Å². The van der Waals surface area contributed by atoms with E-state index in [2.05, 4.69) is 46.0 Å². The Kier molecular flexibility index (Phi) is 30.5. The normalized spacial score (nSPS) is 11.5. The van der Waals surface area contributed by atoms with Crippen molar-refractivity contribution >= 4 is 114 Å². The molecule has 1 atom stereocenters. The summed E-state index contributed by atoms with van der Waals surface area (Å²) >= 11 is 0. The fourth-order valence-corrected chi connectivity index (χ4v) is 12.2. The van der Waals surface area contributed by atoms with Crippen molar-refractivity contribution in [2.45, 2.75) is 53.1 Å². The minimum absolute atomic E-state index is 0. The molecule has 607 valence electrons. The van der Waals surface area contributed by atoms with Gasteiger partial charge in [-0.1, -0.05) is 172 Å². The number of hydrogen-bond acceptors (Lipinski definition) is 18. The molecule has 0 spiro atoms. The molecular formula is C92H82N15O13Y-. The van der Waals surface area contributed by atoms with Crippen LogP contribution in [-0.4, -0.2) is 70.8 Å². The predicted octanol–water partition coefficient (Wildman–Crippen LogP) is 12.8. The summed E-state index contributed by atoms with van der Waals surface area (Å²) < 4.78 is 6.97. The largest absolute Gasteiger partial charge is 0.478 e. The van der Waals surface area contributed by atoms with Crippen LogP contribution in [0.3, 0.4) is 0 Å². The number of carbonyl (C=O) groups excluding carboxylic acids is 5. The summed E-state index contributed by atoms with van der Waals surface area (Å²) in [6.45, 7) is 7.18. The minimum Gasteiger partial charge on any atom is -0.478 e.